The summed E-state index contributed by atoms with van der Waals surface area (Å²) in [5.41, 5.74) is 0.650. The van der Waals surface area contributed by atoms with Crippen LogP contribution in [0.25, 0.3) is 0 Å². The van der Waals surface area contributed by atoms with E-state index in [0.717, 1.165) is 44.4 Å². The smallest absolute Gasteiger partial charge is 0.119 e. The summed E-state index contributed by atoms with van der Waals surface area (Å²) in [6, 6.07) is 9.29. The molecular weight excluding hydrogens is 290 g/mol. The molecule has 5 heteroatoms. The van der Waals surface area contributed by atoms with Crippen molar-refractivity contribution in [3.8, 4) is 11.8 Å². The number of nitrogens with one attached hydrogen (secondary N) is 1. The fraction of sp³-hybridized carbons (Fsp3) is 0.611. The lowest BCUT2D eigenvalue weighted by molar-refractivity contribution is 0.0996. The first-order chi connectivity index (χ1) is 11.2. The number of benzene rings is 1. The third kappa shape index (κ3) is 6.57. The summed E-state index contributed by atoms with van der Waals surface area (Å²) in [5, 5.41) is 21.6. The summed E-state index contributed by atoms with van der Waals surface area (Å²) >= 11 is 0. The Morgan fingerprint density at radius 3 is 2.65 bits per heavy atom. The van der Waals surface area contributed by atoms with Crippen LogP contribution < -0.4 is 10.1 Å². The molecule has 2 N–H and O–H groups in total. The van der Waals surface area contributed by atoms with Crippen LogP contribution in [0, 0.1) is 17.2 Å². The minimum Gasteiger partial charge on any atom is -0.492 e. The van der Waals surface area contributed by atoms with E-state index in [1.165, 1.54) is 12.8 Å². The second-order valence-corrected chi connectivity index (χ2v) is 6.28. The van der Waals surface area contributed by atoms with Crippen LogP contribution in [0.2, 0.25) is 0 Å². The van der Waals surface area contributed by atoms with Gasteiger partial charge in [0, 0.05) is 13.1 Å². The van der Waals surface area contributed by atoms with Gasteiger partial charge >= 0.3 is 0 Å². The van der Waals surface area contributed by atoms with E-state index in [9.17, 15) is 5.11 Å². The molecule has 23 heavy (non-hydrogen) atoms. The lowest BCUT2D eigenvalue weighted by Gasteiger charge is -2.32. The normalized spacial score (nSPS) is 17.6. The largest absolute Gasteiger partial charge is 0.492 e. The van der Waals surface area contributed by atoms with E-state index in [1.807, 2.05) is 19.1 Å². The van der Waals surface area contributed by atoms with Gasteiger partial charge in [-0.25, -0.2) is 0 Å². The minimum absolute atomic E-state index is 0.232. The SMILES string of the molecule is C[C@H](O)CN1CCC(CNCCOc2ccc(C#N)cc2)CC1. The van der Waals surface area contributed by atoms with Crippen LogP contribution in [0.5, 0.6) is 5.75 Å². The molecule has 0 bridgehead atoms. The van der Waals surface area contributed by atoms with Gasteiger partial charge < -0.3 is 20.1 Å². The minimum atomic E-state index is -0.232. The first-order valence-corrected chi connectivity index (χ1v) is 8.41. The molecular formula is C18H27N3O2. The Kier molecular flexibility index (Phi) is 7.34. The number of likely N-dealkylation sites (tertiary alicyclic amines) is 1. The van der Waals surface area contributed by atoms with Gasteiger partial charge in [-0.1, -0.05) is 0 Å². The highest BCUT2D eigenvalue weighted by Gasteiger charge is 2.19. The van der Waals surface area contributed by atoms with Crippen LogP contribution >= 0.6 is 0 Å². The summed E-state index contributed by atoms with van der Waals surface area (Å²) in [6.45, 7) is 7.29. The molecule has 1 aliphatic rings. The number of hydrogen-bond acceptors (Lipinski definition) is 5. The molecule has 1 saturated heterocycles. The number of rotatable bonds is 8. The number of nitriles is 1. The monoisotopic (exact) mass is 317 g/mol. The van der Waals surface area contributed by atoms with E-state index >= 15 is 0 Å². The van der Waals surface area contributed by atoms with Crippen LogP contribution in [0.4, 0.5) is 0 Å². The third-order valence-electron chi connectivity index (χ3n) is 4.19. The number of piperidine rings is 1. The lowest BCUT2D eigenvalue weighted by atomic mass is 9.96. The maximum Gasteiger partial charge on any atom is 0.119 e. The highest BCUT2D eigenvalue weighted by molar-refractivity contribution is 5.34. The average Bonchev–Trinajstić information content (AvgIpc) is 2.56. The predicted octanol–water partition coefficient (Wildman–Crippen LogP) is 1.62. The number of β-amino-alcohol motifs (C(OH)–C–C–N with tert-alkyl or cyclic N) is 1. The zero-order valence-electron chi connectivity index (χ0n) is 13.9. The molecule has 0 radical (unpaired) electrons. The highest BCUT2D eigenvalue weighted by Crippen LogP contribution is 2.16. The Hall–Kier alpha value is -1.61. The summed E-state index contributed by atoms with van der Waals surface area (Å²) < 4.78 is 5.65. The van der Waals surface area contributed by atoms with Gasteiger partial charge in [0.2, 0.25) is 0 Å². The number of hydrogen-bond donors (Lipinski definition) is 2. The zero-order chi connectivity index (χ0) is 16.5. The average molecular weight is 317 g/mol. The van der Waals surface area contributed by atoms with Crippen molar-refractivity contribution in [1.29, 1.82) is 5.26 Å². The van der Waals surface area contributed by atoms with E-state index in [2.05, 4.69) is 16.3 Å². The van der Waals surface area contributed by atoms with Crippen LogP contribution in [-0.4, -0.2) is 55.4 Å². The van der Waals surface area contributed by atoms with Crippen molar-refractivity contribution in [3.05, 3.63) is 29.8 Å². The summed E-state index contributed by atoms with van der Waals surface area (Å²) in [5.74, 6) is 1.52. The second kappa shape index (κ2) is 9.51. The Morgan fingerprint density at radius 2 is 2.04 bits per heavy atom. The second-order valence-electron chi connectivity index (χ2n) is 6.28. The maximum atomic E-state index is 9.41. The van der Waals surface area contributed by atoms with E-state index in [1.54, 1.807) is 12.1 Å². The van der Waals surface area contributed by atoms with Crippen molar-refractivity contribution in [1.82, 2.24) is 10.2 Å². The van der Waals surface area contributed by atoms with Crippen molar-refractivity contribution in [3.63, 3.8) is 0 Å². The molecule has 0 spiro atoms. The lowest BCUT2D eigenvalue weighted by Crippen LogP contribution is -2.40. The van der Waals surface area contributed by atoms with Crippen LogP contribution in [-0.2, 0) is 0 Å². The molecule has 1 aliphatic heterocycles. The van der Waals surface area contributed by atoms with Gasteiger partial charge in [-0.3, -0.25) is 0 Å². The van der Waals surface area contributed by atoms with Gasteiger partial charge in [0.15, 0.2) is 0 Å². The van der Waals surface area contributed by atoms with Crippen molar-refractivity contribution in [2.24, 2.45) is 5.92 Å². The molecule has 0 aromatic heterocycles. The summed E-state index contributed by atoms with van der Waals surface area (Å²) in [4.78, 5) is 2.34. The number of ether oxygens (including phenoxy) is 1. The van der Waals surface area contributed by atoms with Crippen molar-refractivity contribution in [2.75, 3.05) is 39.3 Å². The molecule has 0 saturated carbocycles. The summed E-state index contributed by atoms with van der Waals surface area (Å²) in [7, 11) is 0. The third-order valence-corrected chi connectivity index (χ3v) is 4.19. The molecule has 1 fully saturated rings. The Balaban J connectivity index is 1.53. The molecule has 1 atom stereocenters. The molecule has 0 amide bonds. The maximum absolute atomic E-state index is 9.41. The van der Waals surface area contributed by atoms with Crippen LogP contribution in [0.15, 0.2) is 24.3 Å². The number of nitrogens with zero attached hydrogens (tertiary/aromatic N) is 2. The van der Waals surface area contributed by atoms with Gasteiger partial charge in [-0.05, 0) is 69.6 Å². The van der Waals surface area contributed by atoms with Crippen molar-refractivity contribution in [2.45, 2.75) is 25.9 Å². The molecule has 126 valence electrons. The van der Waals surface area contributed by atoms with Gasteiger partial charge in [0.25, 0.3) is 0 Å². The fourth-order valence-corrected chi connectivity index (χ4v) is 2.92. The highest BCUT2D eigenvalue weighted by atomic mass is 16.5. The quantitative estimate of drug-likeness (QED) is 0.713. The molecule has 0 unspecified atom stereocenters. The first kappa shape index (κ1) is 17.7. The van der Waals surface area contributed by atoms with Gasteiger partial charge in [-0.15, -0.1) is 0 Å². The van der Waals surface area contributed by atoms with Crippen LogP contribution in [0.1, 0.15) is 25.3 Å². The molecule has 2 rings (SSSR count). The van der Waals surface area contributed by atoms with E-state index in [-0.39, 0.29) is 6.10 Å². The molecule has 1 heterocycles. The number of aliphatic hydroxyl groups excluding tert-OH is 1. The van der Waals surface area contributed by atoms with Gasteiger partial charge in [0.1, 0.15) is 12.4 Å². The Bertz CT molecular complexity index is 488. The van der Waals surface area contributed by atoms with Crippen LogP contribution in [0.3, 0.4) is 0 Å². The van der Waals surface area contributed by atoms with Crippen molar-refractivity contribution >= 4 is 0 Å². The Morgan fingerprint density at radius 1 is 1.35 bits per heavy atom. The van der Waals surface area contributed by atoms with E-state index in [4.69, 9.17) is 10.00 Å². The van der Waals surface area contributed by atoms with Crippen molar-refractivity contribution < 1.29 is 9.84 Å². The van der Waals surface area contributed by atoms with E-state index < -0.39 is 0 Å². The summed E-state index contributed by atoms with van der Waals surface area (Å²) in [6.07, 6.45) is 2.15. The molecule has 1 aromatic carbocycles. The van der Waals surface area contributed by atoms with Gasteiger partial charge in [0.05, 0.1) is 17.7 Å². The zero-order valence-corrected chi connectivity index (χ0v) is 13.9. The molecule has 5 nitrogen and oxygen atoms in total. The predicted molar refractivity (Wildman–Crippen MR) is 90.4 cm³/mol. The number of aliphatic hydroxyl groups is 1. The fourth-order valence-electron chi connectivity index (χ4n) is 2.92. The standard InChI is InChI=1S/C18H27N3O2/c1-15(22)14-21-9-6-17(7-10-21)13-20-8-11-23-18-4-2-16(12-19)3-5-18/h2-5,15,17,20,22H,6-11,13-14H2,1H3/t15-/m0/s1. The van der Waals surface area contributed by atoms with E-state index in [0.29, 0.717) is 12.2 Å². The van der Waals surface area contributed by atoms with Gasteiger partial charge in [-0.2, -0.15) is 5.26 Å². The topological polar surface area (TPSA) is 68.5 Å². The molecule has 0 aliphatic carbocycles. The Labute approximate surface area is 138 Å². The first-order valence-electron chi connectivity index (χ1n) is 8.41. The molecule has 1 aromatic rings.